The molecule has 0 aromatic heterocycles. The van der Waals surface area contributed by atoms with Crippen LogP contribution in [0.1, 0.15) is 19.8 Å². The lowest BCUT2D eigenvalue weighted by Crippen LogP contribution is -2.50. The predicted octanol–water partition coefficient (Wildman–Crippen LogP) is 0.659. The van der Waals surface area contributed by atoms with Crippen LogP contribution >= 0.6 is 0 Å². The topological polar surface area (TPSA) is 38.8 Å². The Bertz CT molecular complexity index is 238. The van der Waals surface area contributed by atoms with E-state index in [-0.39, 0.29) is 12.1 Å². The molecule has 0 aromatic carbocycles. The van der Waals surface area contributed by atoms with Crippen LogP contribution in [0.25, 0.3) is 0 Å². The summed E-state index contributed by atoms with van der Waals surface area (Å²) in [7, 11) is 1.41. The smallest absolute Gasteiger partial charge is 0.336 e. The molecular weight excluding hydrogens is 194 g/mol. The minimum atomic E-state index is -0.391. The van der Waals surface area contributed by atoms with Crippen LogP contribution in [0, 0.1) is 5.92 Å². The highest BCUT2D eigenvalue weighted by molar-refractivity contribution is 5.74. The summed E-state index contributed by atoms with van der Waals surface area (Å²) in [5.74, 6) is 0.607. The maximum absolute atomic E-state index is 11.4. The van der Waals surface area contributed by atoms with Crippen molar-refractivity contribution in [2.45, 2.75) is 32.0 Å². The van der Waals surface area contributed by atoms with Gasteiger partial charge in [0.25, 0.3) is 0 Å². The molecule has 0 N–H and O–H groups in total. The molecule has 1 aliphatic carbocycles. The third-order valence-electron chi connectivity index (χ3n) is 3.01. The van der Waals surface area contributed by atoms with E-state index in [1.807, 2.05) is 6.92 Å². The van der Waals surface area contributed by atoms with Crippen molar-refractivity contribution >= 4 is 5.97 Å². The molecule has 4 heteroatoms. The summed E-state index contributed by atoms with van der Waals surface area (Å²) < 4.78 is 10.3. The summed E-state index contributed by atoms with van der Waals surface area (Å²) in [6, 6.07) is 0. The molecular formula is C11H19NO3. The number of morpholine rings is 1. The molecule has 2 rings (SSSR count). The van der Waals surface area contributed by atoms with Crippen molar-refractivity contribution in [1.29, 1.82) is 0 Å². The van der Waals surface area contributed by atoms with E-state index in [9.17, 15) is 4.79 Å². The third-order valence-corrected chi connectivity index (χ3v) is 3.01. The van der Waals surface area contributed by atoms with Crippen LogP contribution in [0.4, 0.5) is 0 Å². The molecule has 2 fully saturated rings. The normalized spacial score (nSPS) is 32.7. The number of carbonyl (C=O) groups is 1. The lowest BCUT2D eigenvalue weighted by molar-refractivity contribution is -0.166. The number of rotatable bonds is 3. The number of nitrogens with zero attached hydrogens (tertiary/aromatic N) is 1. The second-order valence-electron chi connectivity index (χ2n) is 4.62. The fourth-order valence-corrected chi connectivity index (χ4v) is 2.12. The van der Waals surface area contributed by atoms with Gasteiger partial charge in [0, 0.05) is 19.6 Å². The van der Waals surface area contributed by atoms with Gasteiger partial charge in [0.05, 0.1) is 13.2 Å². The van der Waals surface area contributed by atoms with E-state index >= 15 is 0 Å². The summed E-state index contributed by atoms with van der Waals surface area (Å²) >= 11 is 0. The van der Waals surface area contributed by atoms with E-state index < -0.39 is 6.10 Å². The van der Waals surface area contributed by atoms with Crippen molar-refractivity contribution in [2.75, 3.05) is 26.7 Å². The Morgan fingerprint density at radius 3 is 2.80 bits per heavy atom. The Labute approximate surface area is 90.5 Å². The number of esters is 1. The predicted molar refractivity (Wildman–Crippen MR) is 55.5 cm³/mol. The van der Waals surface area contributed by atoms with E-state index in [4.69, 9.17) is 9.47 Å². The maximum Gasteiger partial charge on any atom is 0.336 e. The van der Waals surface area contributed by atoms with Crippen molar-refractivity contribution in [3.8, 4) is 0 Å². The summed E-state index contributed by atoms with van der Waals surface area (Å²) in [5, 5.41) is 0. The van der Waals surface area contributed by atoms with Crippen LogP contribution in [0.5, 0.6) is 0 Å². The van der Waals surface area contributed by atoms with Crippen LogP contribution in [0.15, 0.2) is 0 Å². The van der Waals surface area contributed by atoms with E-state index in [1.165, 1.54) is 20.0 Å². The Hall–Kier alpha value is -0.610. The zero-order valence-corrected chi connectivity index (χ0v) is 9.44. The fourth-order valence-electron chi connectivity index (χ4n) is 2.12. The quantitative estimate of drug-likeness (QED) is 0.646. The van der Waals surface area contributed by atoms with Gasteiger partial charge in [-0.15, -0.1) is 0 Å². The summed E-state index contributed by atoms with van der Waals surface area (Å²) in [5.41, 5.74) is 0. The monoisotopic (exact) mass is 213 g/mol. The fraction of sp³-hybridized carbons (Fsp3) is 0.909. The zero-order valence-electron chi connectivity index (χ0n) is 9.44. The first kappa shape index (κ1) is 10.9. The second-order valence-corrected chi connectivity index (χ2v) is 4.62. The third kappa shape index (κ3) is 2.92. The molecule has 2 atom stereocenters. The molecule has 0 spiro atoms. The number of methoxy groups -OCH3 is 1. The minimum Gasteiger partial charge on any atom is -0.467 e. The Balaban J connectivity index is 1.87. The molecule has 1 aliphatic heterocycles. The average molecular weight is 213 g/mol. The van der Waals surface area contributed by atoms with Gasteiger partial charge in [0.2, 0.25) is 0 Å². The largest absolute Gasteiger partial charge is 0.467 e. The molecule has 1 heterocycles. The first-order valence-corrected chi connectivity index (χ1v) is 5.64. The molecule has 1 saturated carbocycles. The standard InChI is InChI=1S/C11H19NO3/c1-8-5-12(6-9-3-4-9)7-10(15-8)11(13)14-2/h8-10H,3-7H2,1-2H3/t8-,10+/m1/s1. The molecule has 0 unspecified atom stereocenters. The number of ether oxygens (including phenoxy) is 2. The molecule has 0 amide bonds. The van der Waals surface area contributed by atoms with Crippen LogP contribution in [0.2, 0.25) is 0 Å². The highest BCUT2D eigenvalue weighted by Crippen LogP contribution is 2.30. The van der Waals surface area contributed by atoms with Crippen molar-refractivity contribution < 1.29 is 14.3 Å². The number of hydrogen-bond donors (Lipinski definition) is 0. The molecule has 15 heavy (non-hydrogen) atoms. The first-order valence-electron chi connectivity index (χ1n) is 5.64. The van der Waals surface area contributed by atoms with Crippen molar-refractivity contribution in [3.05, 3.63) is 0 Å². The van der Waals surface area contributed by atoms with E-state index in [0.717, 1.165) is 19.0 Å². The van der Waals surface area contributed by atoms with Crippen molar-refractivity contribution in [3.63, 3.8) is 0 Å². The van der Waals surface area contributed by atoms with E-state index in [0.29, 0.717) is 6.54 Å². The first-order chi connectivity index (χ1) is 7.19. The van der Waals surface area contributed by atoms with Gasteiger partial charge in [-0.3, -0.25) is 4.90 Å². The van der Waals surface area contributed by atoms with Gasteiger partial charge in [0.1, 0.15) is 0 Å². The molecule has 0 bridgehead atoms. The number of hydrogen-bond acceptors (Lipinski definition) is 4. The lowest BCUT2D eigenvalue weighted by atomic mass is 10.2. The Kier molecular flexibility index (Phi) is 3.26. The Morgan fingerprint density at radius 2 is 2.20 bits per heavy atom. The highest BCUT2D eigenvalue weighted by atomic mass is 16.6. The molecule has 1 saturated heterocycles. The molecule has 4 nitrogen and oxygen atoms in total. The summed E-state index contributed by atoms with van der Waals surface area (Å²) in [6.07, 6.45) is 2.42. The molecule has 86 valence electrons. The molecule has 0 aromatic rings. The number of carbonyl (C=O) groups excluding carboxylic acids is 1. The van der Waals surface area contributed by atoms with Gasteiger partial charge in [-0.05, 0) is 25.7 Å². The van der Waals surface area contributed by atoms with Gasteiger partial charge in [-0.1, -0.05) is 0 Å². The van der Waals surface area contributed by atoms with Gasteiger partial charge in [0.15, 0.2) is 6.10 Å². The highest BCUT2D eigenvalue weighted by Gasteiger charge is 2.33. The van der Waals surface area contributed by atoms with Crippen LogP contribution < -0.4 is 0 Å². The van der Waals surface area contributed by atoms with Gasteiger partial charge in [-0.25, -0.2) is 4.79 Å². The van der Waals surface area contributed by atoms with Gasteiger partial charge in [-0.2, -0.15) is 0 Å². The van der Waals surface area contributed by atoms with Gasteiger partial charge < -0.3 is 9.47 Å². The maximum atomic E-state index is 11.4. The minimum absolute atomic E-state index is 0.126. The van der Waals surface area contributed by atoms with Crippen molar-refractivity contribution in [2.24, 2.45) is 5.92 Å². The van der Waals surface area contributed by atoms with Crippen LogP contribution in [-0.4, -0.2) is 49.8 Å². The van der Waals surface area contributed by atoms with Crippen LogP contribution in [0.3, 0.4) is 0 Å². The van der Waals surface area contributed by atoms with E-state index in [1.54, 1.807) is 0 Å². The lowest BCUT2D eigenvalue weighted by Gasteiger charge is -2.35. The van der Waals surface area contributed by atoms with Gasteiger partial charge >= 0.3 is 5.97 Å². The molecule has 2 aliphatic rings. The van der Waals surface area contributed by atoms with Crippen molar-refractivity contribution in [1.82, 2.24) is 4.90 Å². The molecule has 0 radical (unpaired) electrons. The average Bonchev–Trinajstić information content (AvgIpc) is 2.99. The summed E-state index contributed by atoms with van der Waals surface area (Å²) in [6.45, 7) is 4.74. The van der Waals surface area contributed by atoms with E-state index in [2.05, 4.69) is 4.90 Å². The summed E-state index contributed by atoms with van der Waals surface area (Å²) in [4.78, 5) is 13.7. The Morgan fingerprint density at radius 1 is 1.47 bits per heavy atom. The zero-order chi connectivity index (χ0) is 10.8. The SMILES string of the molecule is COC(=O)[C@@H]1CN(CC2CC2)C[C@@H](C)O1. The van der Waals surface area contributed by atoms with Crippen LogP contribution in [-0.2, 0) is 14.3 Å². The second kappa shape index (κ2) is 4.49.